The van der Waals surface area contributed by atoms with Gasteiger partial charge in [-0.2, -0.15) is 0 Å². The molecule has 9 heteroatoms. The summed E-state index contributed by atoms with van der Waals surface area (Å²) in [6.45, 7) is 3.25. The second-order valence-electron chi connectivity index (χ2n) is 4.57. The highest BCUT2D eigenvalue weighted by molar-refractivity contribution is 6.12. The summed E-state index contributed by atoms with van der Waals surface area (Å²) in [4.78, 5) is 26.8. The lowest BCUT2D eigenvalue weighted by Gasteiger charge is -2.09. The van der Waals surface area contributed by atoms with Gasteiger partial charge in [0.25, 0.3) is 0 Å². The summed E-state index contributed by atoms with van der Waals surface area (Å²) < 4.78 is 50.6. The Morgan fingerprint density at radius 1 is 1.08 bits per heavy atom. The van der Waals surface area contributed by atoms with Crippen LogP contribution in [0.15, 0.2) is 18.2 Å². The number of ether oxygens (including phenoxy) is 3. The molecule has 0 spiro atoms. The zero-order valence-electron chi connectivity index (χ0n) is 12.8. The quantitative estimate of drug-likeness (QED) is 0.840. The van der Waals surface area contributed by atoms with E-state index in [2.05, 4.69) is 9.72 Å². The Morgan fingerprint density at radius 3 is 2.29 bits per heavy atom. The van der Waals surface area contributed by atoms with Gasteiger partial charge in [-0.3, -0.25) is 0 Å². The summed E-state index contributed by atoms with van der Waals surface area (Å²) in [5.74, 6) is -2.18. The molecular formula is C15H14F3NO5. The van der Waals surface area contributed by atoms with Crippen molar-refractivity contribution in [2.45, 2.75) is 20.2 Å². The maximum absolute atomic E-state index is 12.4. The Morgan fingerprint density at radius 2 is 1.71 bits per heavy atom. The number of esters is 2. The van der Waals surface area contributed by atoms with Crippen LogP contribution in [0.1, 0.15) is 34.7 Å². The van der Waals surface area contributed by atoms with Gasteiger partial charge in [0.2, 0.25) is 0 Å². The number of hydrogen-bond acceptors (Lipinski definition) is 5. The highest BCUT2D eigenvalue weighted by atomic mass is 19.4. The van der Waals surface area contributed by atoms with Crippen LogP contribution in [-0.4, -0.2) is 36.5 Å². The van der Waals surface area contributed by atoms with Crippen LogP contribution in [0.5, 0.6) is 5.75 Å². The van der Waals surface area contributed by atoms with Crippen molar-refractivity contribution in [2.24, 2.45) is 0 Å². The van der Waals surface area contributed by atoms with E-state index in [9.17, 15) is 22.8 Å². The molecule has 0 aliphatic rings. The van der Waals surface area contributed by atoms with Crippen molar-refractivity contribution >= 4 is 22.8 Å². The molecule has 0 aliphatic carbocycles. The molecule has 0 radical (unpaired) electrons. The van der Waals surface area contributed by atoms with Gasteiger partial charge in [-0.1, -0.05) is 0 Å². The van der Waals surface area contributed by atoms with Gasteiger partial charge < -0.3 is 19.2 Å². The number of H-pyrrole nitrogens is 1. The van der Waals surface area contributed by atoms with E-state index in [4.69, 9.17) is 9.47 Å². The van der Waals surface area contributed by atoms with Crippen LogP contribution in [-0.2, 0) is 9.47 Å². The first-order valence-electron chi connectivity index (χ1n) is 7.02. The van der Waals surface area contributed by atoms with E-state index in [-0.39, 0.29) is 35.4 Å². The number of carbonyl (C=O) groups is 2. The highest BCUT2D eigenvalue weighted by Crippen LogP contribution is 2.30. The lowest BCUT2D eigenvalue weighted by Crippen LogP contribution is -2.17. The summed E-state index contributed by atoms with van der Waals surface area (Å²) in [5, 5.41) is 0.0678. The van der Waals surface area contributed by atoms with Crippen LogP contribution in [0.3, 0.4) is 0 Å². The van der Waals surface area contributed by atoms with E-state index in [0.29, 0.717) is 0 Å². The van der Waals surface area contributed by atoms with Crippen molar-refractivity contribution in [1.29, 1.82) is 0 Å². The van der Waals surface area contributed by atoms with Crippen molar-refractivity contribution in [3.05, 3.63) is 29.5 Å². The SMILES string of the molecule is CCOC(=O)c1[nH]c2ccc(OC(F)(F)F)cc2c1C(=O)OCC. The number of benzene rings is 1. The fraction of sp³-hybridized carbons (Fsp3) is 0.333. The molecule has 0 aliphatic heterocycles. The molecule has 0 saturated heterocycles. The third kappa shape index (κ3) is 3.79. The molecule has 0 amide bonds. The van der Waals surface area contributed by atoms with Crippen LogP contribution in [0.2, 0.25) is 0 Å². The zero-order chi connectivity index (χ0) is 17.9. The second-order valence-corrected chi connectivity index (χ2v) is 4.57. The van der Waals surface area contributed by atoms with E-state index < -0.39 is 24.1 Å². The highest BCUT2D eigenvalue weighted by Gasteiger charge is 2.32. The summed E-state index contributed by atoms with van der Waals surface area (Å²) in [5.41, 5.74) is -0.108. The third-order valence-electron chi connectivity index (χ3n) is 2.96. The molecule has 0 bridgehead atoms. The van der Waals surface area contributed by atoms with Gasteiger partial charge in [0.1, 0.15) is 17.0 Å². The molecule has 130 valence electrons. The van der Waals surface area contributed by atoms with Crippen LogP contribution < -0.4 is 4.74 Å². The molecule has 0 atom stereocenters. The molecule has 24 heavy (non-hydrogen) atoms. The normalized spacial score (nSPS) is 11.4. The first-order chi connectivity index (χ1) is 11.3. The predicted octanol–water partition coefficient (Wildman–Crippen LogP) is 3.42. The van der Waals surface area contributed by atoms with Gasteiger partial charge in [-0.05, 0) is 32.0 Å². The number of nitrogens with one attached hydrogen (secondary N) is 1. The molecule has 1 aromatic carbocycles. The maximum atomic E-state index is 12.4. The average molecular weight is 345 g/mol. The minimum Gasteiger partial charge on any atom is -0.462 e. The number of alkyl halides is 3. The smallest absolute Gasteiger partial charge is 0.462 e. The maximum Gasteiger partial charge on any atom is 0.573 e. The lowest BCUT2D eigenvalue weighted by atomic mass is 10.1. The number of aromatic nitrogens is 1. The lowest BCUT2D eigenvalue weighted by molar-refractivity contribution is -0.274. The second kappa shape index (κ2) is 6.81. The third-order valence-corrected chi connectivity index (χ3v) is 2.96. The number of aromatic amines is 1. The molecule has 1 aromatic heterocycles. The van der Waals surface area contributed by atoms with E-state index in [1.807, 2.05) is 0 Å². The Hall–Kier alpha value is -2.71. The van der Waals surface area contributed by atoms with E-state index >= 15 is 0 Å². The Balaban J connectivity index is 2.59. The number of carbonyl (C=O) groups excluding carboxylic acids is 2. The van der Waals surface area contributed by atoms with Crippen molar-refractivity contribution in [1.82, 2.24) is 4.98 Å². The van der Waals surface area contributed by atoms with Gasteiger partial charge in [0.15, 0.2) is 0 Å². The molecular weight excluding hydrogens is 331 g/mol. The Labute approximate surface area is 134 Å². The number of rotatable bonds is 5. The fourth-order valence-corrected chi connectivity index (χ4v) is 2.14. The van der Waals surface area contributed by atoms with Gasteiger partial charge in [-0.15, -0.1) is 13.2 Å². The Bertz CT molecular complexity index is 766. The summed E-state index contributed by atoms with van der Waals surface area (Å²) >= 11 is 0. The number of fused-ring (bicyclic) bond motifs is 1. The van der Waals surface area contributed by atoms with Crippen LogP contribution in [0.4, 0.5) is 13.2 Å². The van der Waals surface area contributed by atoms with Crippen molar-refractivity contribution < 1.29 is 37.0 Å². The number of halogens is 3. The standard InChI is InChI=1S/C15H14F3NO5/c1-3-22-13(20)11-9-7-8(24-15(16,17)18)5-6-10(9)19-12(11)14(21)23-4-2/h5-7,19H,3-4H2,1-2H3. The van der Waals surface area contributed by atoms with Gasteiger partial charge in [0, 0.05) is 10.9 Å². The van der Waals surface area contributed by atoms with Crippen molar-refractivity contribution in [2.75, 3.05) is 13.2 Å². The first-order valence-corrected chi connectivity index (χ1v) is 7.02. The van der Waals surface area contributed by atoms with E-state index in [1.54, 1.807) is 13.8 Å². The summed E-state index contributed by atoms with van der Waals surface area (Å²) in [6, 6.07) is 3.34. The minimum atomic E-state index is -4.88. The van der Waals surface area contributed by atoms with E-state index in [1.165, 1.54) is 6.07 Å². The van der Waals surface area contributed by atoms with Gasteiger partial charge in [0.05, 0.1) is 13.2 Å². The minimum absolute atomic E-state index is 0.0342. The molecule has 2 aromatic rings. The van der Waals surface area contributed by atoms with Crippen LogP contribution >= 0.6 is 0 Å². The van der Waals surface area contributed by atoms with Gasteiger partial charge >= 0.3 is 18.3 Å². The number of hydrogen-bond donors (Lipinski definition) is 1. The average Bonchev–Trinajstić information content (AvgIpc) is 2.84. The topological polar surface area (TPSA) is 77.6 Å². The first kappa shape index (κ1) is 17.6. The monoisotopic (exact) mass is 345 g/mol. The molecule has 1 N–H and O–H groups in total. The molecule has 2 rings (SSSR count). The Kier molecular flexibility index (Phi) is 5.01. The largest absolute Gasteiger partial charge is 0.573 e. The summed E-state index contributed by atoms with van der Waals surface area (Å²) in [6.07, 6.45) is -4.88. The van der Waals surface area contributed by atoms with Crippen molar-refractivity contribution in [3.8, 4) is 5.75 Å². The molecule has 1 heterocycles. The fourth-order valence-electron chi connectivity index (χ4n) is 2.14. The summed E-state index contributed by atoms with van der Waals surface area (Å²) in [7, 11) is 0. The molecule has 0 unspecified atom stereocenters. The molecule has 0 fully saturated rings. The van der Waals surface area contributed by atoms with Crippen LogP contribution in [0, 0.1) is 0 Å². The predicted molar refractivity (Wildman–Crippen MR) is 76.9 cm³/mol. The van der Waals surface area contributed by atoms with Crippen molar-refractivity contribution in [3.63, 3.8) is 0 Å². The molecule has 6 nitrogen and oxygen atoms in total. The van der Waals surface area contributed by atoms with Gasteiger partial charge in [-0.25, -0.2) is 9.59 Å². The van der Waals surface area contributed by atoms with E-state index in [0.717, 1.165) is 12.1 Å². The zero-order valence-corrected chi connectivity index (χ0v) is 12.8. The molecule has 0 saturated carbocycles. The van der Waals surface area contributed by atoms with Crippen LogP contribution in [0.25, 0.3) is 10.9 Å².